The van der Waals surface area contributed by atoms with Crippen LogP contribution < -0.4 is 0 Å². The molecule has 1 aromatic carbocycles. The van der Waals surface area contributed by atoms with Crippen LogP contribution in [0, 0.1) is 0 Å². The summed E-state index contributed by atoms with van der Waals surface area (Å²) in [6.07, 6.45) is 0. The fourth-order valence-corrected chi connectivity index (χ4v) is 5.14. The van der Waals surface area contributed by atoms with Gasteiger partial charge in [-0.2, -0.15) is 4.31 Å². The summed E-state index contributed by atoms with van der Waals surface area (Å²) in [4.78, 5) is -0.695. The Kier molecular flexibility index (Phi) is 4.69. The maximum atomic E-state index is 12.6. The lowest BCUT2D eigenvalue weighted by Crippen LogP contribution is -2.41. The van der Waals surface area contributed by atoms with Gasteiger partial charge < -0.3 is 9.84 Å². The van der Waals surface area contributed by atoms with Crippen molar-refractivity contribution in [1.82, 2.24) is 4.31 Å². The monoisotopic (exact) mass is 335 g/mol. The van der Waals surface area contributed by atoms with E-state index in [1.807, 2.05) is 0 Å². The SMILES string of the molecule is CC(O)S(=O)(=O)c1ccccc1S(=O)(=O)N1CCOCC1. The van der Waals surface area contributed by atoms with Gasteiger partial charge in [-0.3, -0.25) is 0 Å². The summed E-state index contributed by atoms with van der Waals surface area (Å²) in [6.45, 7) is 1.97. The van der Waals surface area contributed by atoms with Crippen molar-refractivity contribution in [2.45, 2.75) is 22.2 Å². The number of sulfone groups is 1. The topological polar surface area (TPSA) is 101 Å². The third kappa shape index (κ3) is 3.11. The fraction of sp³-hybridized carbons (Fsp3) is 0.500. The standard InChI is InChI=1S/C12H17NO6S2/c1-10(14)20(15,16)11-4-2-3-5-12(11)21(17,18)13-6-8-19-9-7-13/h2-5,10,14H,6-9H2,1H3. The highest BCUT2D eigenvalue weighted by molar-refractivity contribution is 7.93. The van der Waals surface area contributed by atoms with Crippen molar-refractivity contribution in [3.63, 3.8) is 0 Å². The van der Waals surface area contributed by atoms with Gasteiger partial charge in [-0.1, -0.05) is 12.1 Å². The molecule has 0 saturated carbocycles. The molecule has 0 radical (unpaired) electrons. The van der Waals surface area contributed by atoms with E-state index in [-0.39, 0.29) is 36.1 Å². The Bertz CT molecular complexity index is 705. The lowest BCUT2D eigenvalue weighted by Gasteiger charge is -2.27. The lowest BCUT2D eigenvalue weighted by molar-refractivity contribution is 0.0729. The van der Waals surface area contributed by atoms with Crippen LogP contribution in [-0.2, 0) is 24.6 Å². The van der Waals surface area contributed by atoms with E-state index >= 15 is 0 Å². The number of rotatable bonds is 4. The van der Waals surface area contributed by atoms with Gasteiger partial charge in [0.25, 0.3) is 0 Å². The zero-order valence-electron chi connectivity index (χ0n) is 11.5. The lowest BCUT2D eigenvalue weighted by atomic mass is 10.4. The first-order chi connectivity index (χ1) is 9.78. The van der Waals surface area contributed by atoms with E-state index in [9.17, 15) is 21.9 Å². The first-order valence-electron chi connectivity index (χ1n) is 6.37. The molecule has 0 aromatic heterocycles. The Morgan fingerprint density at radius 3 is 2.14 bits per heavy atom. The summed E-state index contributed by atoms with van der Waals surface area (Å²) in [5.41, 5.74) is -1.68. The van der Waals surface area contributed by atoms with Crippen LogP contribution >= 0.6 is 0 Å². The average molecular weight is 335 g/mol. The minimum atomic E-state index is -4.11. The predicted octanol–water partition coefficient (Wildman–Crippen LogP) is -0.180. The van der Waals surface area contributed by atoms with Crippen molar-refractivity contribution in [3.05, 3.63) is 24.3 Å². The third-order valence-electron chi connectivity index (χ3n) is 3.19. The highest BCUT2D eigenvalue weighted by atomic mass is 32.2. The number of aliphatic hydroxyl groups is 1. The molecule has 2 rings (SSSR count). The highest BCUT2D eigenvalue weighted by Gasteiger charge is 2.33. The first-order valence-corrected chi connectivity index (χ1v) is 9.35. The van der Waals surface area contributed by atoms with Crippen LogP contribution in [0.2, 0.25) is 0 Å². The van der Waals surface area contributed by atoms with Gasteiger partial charge >= 0.3 is 0 Å². The second-order valence-corrected chi connectivity index (χ2v) is 8.73. The maximum absolute atomic E-state index is 12.6. The Labute approximate surface area is 124 Å². The van der Waals surface area contributed by atoms with Crippen molar-refractivity contribution in [3.8, 4) is 0 Å². The molecule has 118 valence electrons. The molecule has 1 N–H and O–H groups in total. The van der Waals surface area contributed by atoms with Crippen LogP contribution in [0.3, 0.4) is 0 Å². The predicted molar refractivity (Wildman–Crippen MR) is 74.9 cm³/mol. The number of ether oxygens (including phenoxy) is 1. The number of hydrogen-bond donors (Lipinski definition) is 1. The Balaban J connectivity index is 2.55. The van der Waals surface area contributed by atoms with Gasteiger partial charge in [0.05, 0.1) is 18.1 Å². The van der Waals surface area contributed by atoms with Gasteiger partial charge in [0.15, 0.2) is 5.44 Å². The van der Waals surface area contributed by atoms with Crippen LogP contribution in [0.15, 0.2) is 34.1 Å². The summed E-state index contributed by atoms with van der Waals surface area (Å²) < 4.78 is 55.7. The van der Waals surface area contributed by atoms with Crippen molar-refractivity contribution in [2.24, 2.45) is 0 Å². The molecule has 1 unspecified atom stereocenters. The summed E-state index contributed by atoms with van der Waals surface area (Å²) in [7, 11) is -8.06. The molecule has 1 aliphatic rings. The van der Waals surface area contributed by atoms with E-state index in [1.54, 1.807) is 0 Å². The molecule has 0 spiro atoms. The van der Waals surface area contributed by atoms with Gasteiger partial charge in [-0.25, -0.2) is 16.8 Å². The van der Waals surface area contributed by atoms with Crippen LogP contribution in [-0.4, -0.2) is 58.0 Å². The van der Waals surface area contributed by atoms with Gasteiger partial charge in [0.1, 0.15) is 4.90 Å². The Morgan fingerprint density at radius 1 is 1.10 bits per heavy atom. The van der Waals surface area contributed by atoms with E-state index in [0.29, 0.717) is 0 Å². The maximum Gasteiger partial charge on any atom is 0.244 e. The van der Waals surface area contributed by atoms with Crippen LogP contribution in [0.4, 0.5) is 0 Å². The average Bonchev–Trinajstić information content (AvgIpc) is 2.48. The van der Waals surface area contributed by atoms with Crippen molar-refractivity contribution in [2.75, 3.05) is 26.3 Å². The first kappa shape index (κ1) is 16.4. The summed E-state index contributed by atoms with van der Waals surface area (Å²) >= 11 is 0. The molecule has 0 bridgehead atoms. The van der Waals surface area contributed by atoms with Crippen molar-refractivity contribution in [1.29, 1.82) is 0 Å². The molecule has 21 heavy (non-hydrogen) atoms. The smallest absolute Gasteiger partial charge is 0.244 e. The van der Waals surface area contributed by atoms with E-state index in [2.05, 4.69) is 0 Å². The summed E-state index contributed by atoms with van der Waals surface area (Å²) in [6, 6.07) is 5.30. The highest BCUT2D eigenvalue weighted by Crippen LogP contribution is 2.26. The molecular weight excluding hydrogens is 318 g/mol. The van der Waals surface area contributed by atoms with Crippen molar-refractivity contribution < 1.29 is 26.7 Å². The number of aliphatic hydroxyl groups excluding tert-OH is 1. The van der Waals surface area contributed by atoms with E-state index in [4.69, 9.17) is 4.74 Å². The second-order valence-electron chi connectivity index (χ2n) is 4.61. The molecule has 0 aliphatic carbocycles. The Morgan fingerprint density at radius 2 is 1.62 bits per heavy atom. The van der Waals surface area contributed by atoms with E-state index < -0.39 is 25.3 Å². The zero-order chi connectivity index (χ0) is 15.7. The molecule has 1 aliphatic heterocycles. The number of morpholine rings is 1. The minimum absolute atomic E-state index is 0.172. The quantitative estimate of drug-likeness (QED) is 0.819. The van der Waals surface area contributed by atoms with Crippen LogP contribution in [0.5, 0.6) is 0 Å². The zero-order valence-corrected chi connectivity index (χ0v) is 13.1. The molecule has 7 nitrogen and oxygen atoms in total. The van der Waals surface area contributed by atoms with E-state index in [1.165, 1.54) is 28.6 Å². The summed E-state index contributed by atoms with van der Waals surface area (Å²) in [5, 5.41) is 9.42. The second kappa shape index (κ2) is 6.01. The molecule has 1 fully saturated rings. The Hall–Kier alpha value is -1.00. The largest absolute Gasteiger partial charge is 0.379 e. The number of hydrogen-bond acceptors (Lipinski definition) is 6. The number of benzene rings is 1. The molecule has 9 heteroatoms. The molecule has 1 heterocycles. The number of sulfonamides is 1. The van der Waals surface area contributed by atoms with Gasteiger partial charge in [0, 0.05) is 13.1 Å². The molecule has 0 amide bonds. The molecule has 1 saturated heterocycles. The summed E-state index contributed by atoms with van der Waals surface area (Å²) in [5.74, 6) is 0. The molecule has 1 aromatic rings. The number of nitrogens with zero attached hydrogens (tertiary/aromatic N) is 1. The van der Waals surface area contributed by atoms with E-state index in [0.717, 1.165) is 6.92 Å². The minimum Gasteiger partial charge on any atom is -0.379 e. The van der Waals surface area contributed by atoms with Gasteiger partial charge in [0.2, 0.25) is 19.9 Å². The van der Waals surface area contributed by atoms with Gasteiger partial charge in [-0.15, -0.1) is 0 Å². The fourth-order valence-electron chi connectivity index (χ4n) is 2.01. The van der Waals surface area contributed by atoms with Crippen molar-refractivity contribution >= 4 is 19.9 Å². The van der Waals surface area contributed by atoms with Crippen LogP contribution in [0.1, 0.15) is 6.92 Å². The third-order valence-corrected chi connectivity index (χ3v) is 7.15. The molecule has 1 atom stereocenters. The van der Waals surface area contributed by atoms with Gasteiger partial charge in [-0.05, 0) is 19.1 Å². The molecular formula is C12H17NO6S2. The normalized spacial score (nSPS) is 19.3. The van der Waals surface area contributed by atoms with Crippen LogP contribution in [0.25, 0.3) is 0 Å².